The molecule has 0 radical (unpaired) electrons. The van der Waals surface area contributed by atoms with Crippen molar-refractivity contribution in [2.45, 2.75) is 13.5 Å². The molecule has 3 heteroatoms. The van der Waals surface area contributed by atoms with E-state index in [0.717, 1.165) is 22.2 Å². The first kappa shape index (κ1) is 11.8. The van der Waals surface area contributed by atoms with Crippen molar-refractivity contribution in [3.8, 4) is 5.75 Å². The predicted octanol–water partition coefficient (Wildman–Crippen LogP) is 4.19. The Morgan fingerprint density at radius 2 is 1.89 bits per heavy atom. The fraction of sp³-hybridized carbons (Fsp3) is 0.125. The average molecular weight is 255 g/mol. The van der Waals surface area contributed by atoms with E-state index in [0.29, 0.717) is 6.61 Å². The molecule has 3 rings (SSSR count). The van der Waals surface area contributed by atoms with Gasteiger partial charge in [-0.05, 0) is 37.3 Å². The van der Waals surface area contributed by atoms with Crippen LogP contribution in [0.5, 0.6) is 5.75 Å². The number of aromatic amines is 1. The number of rotatable bonds is 3. The van der Waals surface area contributed by atoms with Gasteiger partial charge in [0.25, 0.3) is 0 Å². The maximum absolute atomic E-state index is 13.1. The lowest BCUT2D eigenvalue weighted by Crippen LogP contribution is -1.94. The molecular weight excluding hydrogens is 241 g/mol. The highest BCUT2D eigenvalue weighted by Crippen LogP contribution is 2.21. The molecule has 3 aromatic rings. The molecule has 1 aromatic heterocycles. The minimum atomic E-state index is -0.236. The Morgan fingerprint density at radius 1 is 1.11 bits per heavy atom. The molecule has 0 unspecified atom stereocenters. The number of halogens is 1. The van der Waals surface area contributed by atoms with Crippen LogP contribution in [-0.4, -0.2) is 4.98 Å². The Balaban J connectivity index is 1.80. The summed E-state index contributed by atoms with van der Waals surface area (Å²) in [5, 5.41) is 0.994. The van der Waals surface area contributed by atoms with Crippen molar-refractivity contribution in [3.63, 3.8) is 0 Å². The van der Waals surface area contributed by atoms with E-state index in [1.165, 1.54) is 17.7 Å². The van der Waals surface area contributed by atoms with E-state index in [1.807, 2.05) is 37.4 Å². The van der Waals surface area contributed by atoms with Gasteiger partial charge >= 0.3 is 0 Å². The molecular formula is C16H14FNO. The van der Waals surface area contributed by atoms with Crippen molar-refractivity contribution in [1.82, 2.24) is 4.98 Å². The van der Waals surface area contributed by atoms with E-state index in [2.05, 4.69) is 4.98 Å². The fourth-order valence-electron chi connectivity index (χ4n) is 2.07. The van der Waals surface area contributed by atoms with Crippen LogP contribution in [0.3, 0.4) is 0 Å². The van der Waals surface area contributed by atoms with Crippen LogP contribution in [0.1, 0.15) is 11.1 Å². The van der Waals surface area contributed by atoms with Crippen molar-refractivity contribution in [2.24, 2.45) is 0 Å². The van der Waals surface area contributed by atoms with Crippen LogP contribution in [0.15, 0.2) is 48.7 Å². The first-order valence-electron chi connectivity index (χ1n) is 6.17. The Hall–Kier alpha value is -2.29. The molecule has 0 aliphatic rings. The second-order valence-corrected chi connectivity index (χ2v) is 4.61. The molecule has 0 bridgehead atoms. The third kappa shape index (κ3) is 2.45. The summed E-state index contributed by atoms with van der Waals surface area (Å²) in [5.74, 6) is 0.599. The molecule has 1 heterocycles. The van der Waals surface area contributed by atoms with E-state index in [1.54, 1.807) is 6.07 Å². The number of aromatic nitrogens is 1. The minimum absolute atomic E-state index is 0.236. The maximum Gasteiger partial charge on any atom is 0.125 e. The largest absolute Gasteiger partial charge is 0.489 e. The van der Waals surface area contributed by atoms with E-state index >= 15 is 0 Å². The highest BCUT2D eigenvalue weighted by Gasteiger charge is 2.05. The molecule has 96 valence electrons. The van der Waals surface area contributed by atoms with Crippen molar-refractivity contribution in [3.05, 3.63) is 65.6 Å². The average Bonchev–Trinajstić information content (AvgIpc) is 2.80. The van der Waals surface area contributed by atoms with Crippen LogP contribution in [0.25, 0.3) is 10.9 Å². The predicted molar refractivity (Wildman–Crippen MR) is 73.8 cm³/mol. The zero-order valence-electron chi connectivity index (χ0n) is 10.6. The van der Waals surface area contributed by atoms with Crippen molar-refractivity contribution < 1.29 is 9.13 Å². The van der Waals surface area contributed by atoms with Crippen LogP contribution in [0.4, 0.5) is 4.39 Å². The molecule has 0 amide bonds. The number of H-pyrrole nitrogens is 1. The zero-order valence-corrected chi connectivity index (χ0v) is 10.6. The quantitative estimate of drug-likeness (QED) is 0.745. The standard InChI is InChI=1S/C16H14FNO/c1-11-2-5-14(6-3-11)19-10-12-9-18-16-8-13(17)4-7-15(12)16/h2-9,18H,10H2,1H3. The summed E-state index contributed by atoms with van der Waals surface area (Å²) < 4.78 is 18.8. The molecule has 0 atom stereocenters. The first-order chi connectivity index (χ1) is 9.22. The minimum Gasteiger partial charge on any atom is -0.489 e. The number of benzene rings is 2. The summed E-state index contributed by atoms with van der Waals surface area (Å²) in [6.07, 6.45) is 1.86. The Labute approximate surface area is 110 Å². The Bertz CT molecular complexity index is 700. The van der Waals surface area contributed by atoms with E-state index < -0.39 is 0 Å². The Morgan fingerprint density at radius 3 is 2.68 bits per heavy atom. The SMILES string of the molecule is Cc1ccc(OCc2c[nH]c3cc(F)ccc23)cc1. The van der Waals surface area contributed by atoms with Crippen LogP contribution in [0.2, 0.25) is 0 Å². The van der Waals surface area contributed by atoms with Gasteiger partial charge in [0.2, 0.25) is 0 Å². The summed E-state index contributed by atoms with van der Waals surface area (Å²) in [6.45, 7) is 2.51. The summed E-state index contributed by atoms with van der Waals surface area (Å²) in [7, 11) is 0. The van der Waals surface area contributed by atoms with E-state index in [9.17, 15) is 4.39 Å². The van der Waals surface area contributed by atoms with Crippen molar-refractivity contribution in [2.75, 3.05) is 0 Å². The molecule has 0 saturated carbocycles. The third-order valence-electron chi connectivity index (χ3n) is 3.14. The summed E-state index contributed by atoms with van der Waals surface area (Å²) in [6, 6.07) is 12.7. The molecule has 2 aromatic carbocycles. The van der Waals surface area contributed by atoms with E-state index in [-0.39, 0.29) is 5.82 Å². The number of aryl methyl sites for hydroxylation is 1. The van der Waals surface area contributed by atoms with Crippen LogP contribution in [-0.2, 0) is 6.61 Å². The summed E-state index contributed by atoms with van der Waals surface area (Å²) in [4.78, 5) is 3.05. The number of hydrogen-bond acceptors (Lipinski definition) is 1. The molecule has 0 aliphatic heterocycles. The highest BCUT2D eigenvalue weighted by molar-refractivity contribution is 5.83. The molecule has 0 fully saturated rings. The van der Waals surface area contributed by atoms with Gasteiger partial charge in [0.1, 0.15) is 18.2 Å². The second-order valence-electron chi connectivity index (χ2n) is 4.61. The normalized spacial score (nSPS) is 10.8. The van der Waals surface area contributed by atoms with Crippen LogP contribution in [0, 0.1) is 12.7 Å². The van der Waals surface area contributed by atoms with Crippen LogP contribution >= 0.6 is 0 Å². The van der Waals surface area contributed by atoms with Gasteiger partial charge in [-0.3, -0.25) is 0 Å². The van der Waals surface area contributed by atoms with Gasteiger partial charge in [-0.25, -0.2) is 4.39 Å². The first-order valence-corrected chi connectivity index (χ1v) is 6.17. The smallest absolute Gasteiger partial charge is 0.125 e. The summed E-state index contributed by atoms with van der Waals surface area (Å²) in [5.41, 5.74) is 3.02. The lowest BCUT2D eigenvalue weighted by molar-refractivity contribution is 0.307. The number of ether oxygens (including phenoxy) is 1. The second kappa shape index (κ2) is 4.76. The molecule has 0 spiro atoms. The van der Waals surface area contributed by atoms with Gasteiger partial charge < -0.3 is 9.72 Å². The van der Waals surface area contributed by atoms with Crippen molar-refractivity contribution in [1.29, 1.82) is 0 Å². The van der Waals surface area contributed by atoms with Crippen molar-refractivity contribution >= 4 is 10.9 Å². The molecule has 0 aliphatic carbocycles. The zero-order chi connectivity index (χ0) is 13.2. The Kier molecular flexibility index (Phi) is 2.95. The van der Waals surface area contributed by atoms with Gasteiger partial charge in [0.05, 0.1) is 0 Å². The van der Waals surface area contributed by atoms with Gasteiger partial charge in [-0.2, -0.15) is 0 Å². The van der Waals surface area contributed by atoms with Crippen LogP contribution < -0.4 is 4.74 Å². The molecule has 19 heavy (non-hydrogen) atoms. The number of fused-ring (bicyclic) bond motifs is 1. The lowest BCUT2D eigenvalue weighted by atomic mass is 10.2. The summed E-state index contributed by atoms with van der Waals surface area (Å²) >= 11 is 0. The highest BCUT2D eigenvalue weighted by atomic mass is 19.1. The monoisotopic (exact) mass is 255 g/mol. The fourth-order valence-corrected chi connectivity index (χ4v) is 2.07. The van der Waals surface area contributed by atoms with Gasteiger partial charge in [0.15, 0.2) is 0 Å². The van der Waals surface area contributed by atoms with Gasteiger partial charge in [-0.15, -0.1) is 0 Å². The third-order valence-corrected chi connectivity index (χ3v) is 3.14. The van der Waals surface area contributed by atoms with Gasteiger partial charge in [-0.1, -0.05) is 17.7 Å². The lowest BCUT2D eigenvalue weighted by Gasteiger charge is -2.05. The molecule has 2 nitrogen and oxygen atoms in total. The maximum atomic E-state index is 13.1. The molecule has 0 saturated heterocycles. The number of nitrogens with one attached hydrogen (secondary N) is 1. The van der Waals surface area contributed by atoms with E-state index in [4.69, 9.17) is 4.74 Å². The molecule has 1 N–H and O–H groups in total. The van der Waals surface area contributed by atoms with Gasteiger partial charge in [0, 0.05) is 22.7 Å². The number of hydrogen-bond donors (Lipinski definition) is 1. The topological polar surface area (TPSA) is 25.0 Å².